The van der Waals surface area contributed by atoms with Crippen molar-refractivity contribution >= 4 is 16.5 Å². The molecule has 1 fully saturated rings. The number of nitrogens with zero attached hydrogens (tertiary/aromatic N) is 2. The highest BCUT2D eigenvalue weighted by Crippen LogP contribution is 2.34. The van der Waals surface area contributed by atoms with E-state index in [-0.39, 0.29) is 0 Å². The third-order valence-electron chi connectivity index (χ3n) is 3.90. The van der Waals surface area contributed by atoms with E-state index < -0.39 is 0 Å². The van der Waals surface area contributed by atoms with E-state index >= 15 is 0 Å². The molecule has 0 aromatic carbocycles. The Kier molecular flexibility index (Phi) is 5.22. The van der Waals surface area contributed by atoms with Crippen LogP contribution in [0.15, 0.2) is 0 Å². The molecule has 3 nitrogen and oxygen atoms in total. The zero-order valence-corrected chi connectivity index (χ0v) is 13.5. The fourth-order valence-corrected chi connectivity index (χ4v) is 3.61. The van der Waals surface area contributed by atoms with Gasteiger partial charge in [0.05, 0.1) is 5.69 Å². The topological polar surface area (TPSA) is 28.2 Å². The summed E-state index contributed by atoms with van der Waals surface area (Å²) < 4.78 is 0. The minimum atomic E-state index is 0.512. The SMILES string of the molecule is CCCNCc1sc(N(C)C2CCC2)nc1C(C)C. The Morgan fingerprint density at radius 1 is 1.42 bits per heavy atom. The first-order valence-electron chi connectivity index (χ1n) is 7.56. The summed E-state index contributed by atoms with van der Waals surface area (Å²) in [6.07, 6.45) is 5.22. The van der Waals surface area contributed by atoms with Gasteiger partial charge in [0.25, 0.3) is 0 Å². The number of hydrogen-bond acceptors (Lipinski definition) is 4. The second kappa shape index (κ2) is 6.71. The van der Waals surface area contributed by atoms with Gasteiger partial charge in [0.1, 0.15) is 0 Å². The molecule has 1 aliphatic rings. The predicted octanol–water partition coefficient (Wildman–Crippen LogP) is 3.75. The van der Waals surface area contributed by atoms with Crippen molar-refractivity contribution in [3.05, 3.63) is 10.6 Å². The van der Waals surface area contributed by atoms with Crippen molar-refractivity contribution in [2.75, 3.05) is 18.5 Å². The Labute approximate surface area is 121 Å². The van der Waals surface area contributed by atoms with Crippen LogP contribution in [0.4, 0.5) is 5.13 Å². The summed E-state index contributed by atoms with van der Waals surface area (Å²) in [5, 5.41) is 4.72. The summed E-state index contributed by atoms with van der Waals surface area (Å²) in [5.74, 6) is 0.512. The molecule has 2 rings (SSSR count). The molecular weight excluding hydrogens is 254 g/mol. The molecule has 1 N–H and O–H groups in total. The molecule has 1 aromatic heterocycles. The molecule has 0 unspecified atom stereocenters. The number of hydrogen-bond donors (Lipinski definition) is 1. The van der Waals surface area contributed by atoms with Crippen molar-refractivity contribution in [1.82, 2.24) is 10.3 Å². The van der Waals surface area contributed by atoms with Crippen molar-refractivity contribution in [2.24, 2.45) is 0 Å². The molecule has 4 heteroatoms. The van der Waals surface area contributed by atoms with Gasteiger partial charge in [-0.2, -0.15) is 0 Å². The summed E-state index contributed by atoms with van der Waals surface area (Å²) in [7, 11) is 2.20. The summed E-state index contributed by atoms with van der Waals surface area (Å²) in [6, 6.07) is 0.725. The zero-order chi connectivity index (χ0) is 13.8. The van der Waals surface area contributed by atoms with E-state index in [1.54, 1.807) is 0 Å². The molecule has 1 aliphatic carbocycles. The van der Waals surface area contributed by atoms with E-state index in [4.69, 9.17) is 4.98 Å². The molecule has 0 radical (unpaired) electrons. The lowest BCUT2D eigenvalue weighted by Crippen LogP contribution is -2.37. The molecule has 0 amide bonds. The molecular formula is C15H27N3S. The normalized spacial score (nSPS) is 15.8. The number of rotatable bonds is 7. The van der Waals surface area contributed by atoms with E-state index in [0.717, 1.165) is 19.1 Å². The van der Waals surface area contributed by atoms with Gasteiger partial charge in [0.2, 0.25) is 0 Å². The maximum absolute atomic E-state index is 4.90. The highest BCUT2D eigenvalue weighted by atomic mass is 32.1. The van der Waals surface area contributed by atoms with E-state index in [1.165, 1.54) is 41.4 Å². The van der Waals surface area contributed by atoms with Crippen LogP contribution in [0.2, 0.25) is 0 Å². The number of aromatic nitrogens is 1. The summed E-state index contributed by atoms with van der Waals surface area (Å²) in [5.41, 5.74) is 1.29. The van der Waals surface area contributed by atoms with Gasteiger partial charge in [-0.15, -0.1) is 11.3 Å². The van der Waals surface area contributed by atoms with Gasteiger partial charge in [-0.1, -0.05) is 20.8 Å². The minimum absolute atomic E-state index is 0.512. The molecule has 1 aromatic rings. The van der Waals surface area contributed by atoms with Gasteiger partial charge >= 0.3 is 0 Å². The van der Waals surface area contributed by atoms with Crippen LogP contribution < -0.4 is 10.2 Å². The van der Waals surface area contributed by atoms with Crippen LogP contribution in [0.3, 0.4) is 0 Å². The average Bonchev–Trinajstić information content (AvgIpc) is 2.71. The van der Waals surface area contributed by atoms with E-state index in [2.05, 4.69) is 38.0 Å². The lowest BCUT2D eigenvalue weighted by atomic mass is 9.92. The Morgan fingerprint density at radius 3 is 2.68 bits per heavy atom. The lowest BCUT2D eigenvalue weighted by Gasteiger charge is -2.34. The van der Waals surface area contributed by atoms with Crippen LogP contribution in [-0.2, 0) is 6.54 Å². The van der Waals surface area contributed by atoms with E-state index in [9.17, 15) is 0 Å². The molecule has 1 heterocycles. The molecule has 0 bridgehead atoms. The monoisotopic (exact) mass is 281 g/mol. The molecule has 0 saturated heterocycles. The third kappa shape index (κ3) is 3.48. The van der Waals surface area contributed by atoms with Crippen molar-refractivity contribution in [3.8, 4) is 0 Å². The van der Waals surface area contributed by atoms with Crippen LogP contribution in [0, 0.1) is 0 Å². The molecule has 0 aliphatic heterocycles. The van der Waals surface area contributed by atoms with Crippen LogP contribution in [-0.4, -0.2) is 24.6 Å². The fraction of sp³-hybridized carbons (Fsp3) is 0.800. The van der Waals surface area contributed by atoms with Gasteiger partial charge in [-0.25, -0.2) is 4.98 Å². The fourth-order valence-electron chi connectivity index (χ4n) is 2.39. The maximum atomic E-state index is 4.90. The number of nitrogens with one attached hydrogen (secondary N) is 1. The standard InChI is InChI=1S/C15H27N3S/c1-5-9-16-10-13-14(11(2)3)17-15(19-13)18(4)12-7-6-8-12/h11-12,16H,5-10H2,1-4H3. The number of thiazole rings is 1. The average molecular weight is 281 g/mol. The number of anilines is 1. The summed E-state index contributed by atoms with van der Waals surface area (Å²) >= 11 is 1.88. The van der Waals surface area contributed by atoms with Crippen molar-refractivity contribution in [2.45, 2.75) is 65.0 Å². The molecule has 19 heavy (non-hydrogen) atoms. The van der Waals surface area contributed by atoms with E-state index in [1.807, 2.05) is 11.3 Å². The largest absolute Gasteiger partial charge is 0.348 e. The highest BCUT2D eigenvalue weighted by Gasteiger charge is 2.25. The Hall–Kier alpha value is -0.610. The predicted molar refractivity (Wildman–Crippen MR) is 84.2 cm³/mol. The Morgan fingerprint density at radius 2 is 2.16 bits per heavy atom. The van der Waals surface area contributed by atoms with Gasteiger partial charge < -0.3 is 10.2 Å². The molecule has 0 atom stereocenters. The maximum Gasteiger partial charge on any atom is 0.185 e. The highest BCUT2D eigenvalue weighted by molar-refractivity contribution is 7.15. The second-order valence-corrected chi connectivity index (χ2v) is 6.89. The van der Waals surface area contributed by atoms with Crippen LogP contribution in [0.1, 0.15) is 62.9 Å². The second-order valence-electron chi connectivity index (χ2n) is 5.83. The lowest BCUT2D eigenvalue weighted by molar-refractivity contribution is 0.400. The van der Waals surface area contributed by atoms with Gasteiger partial charge in [-0.3, -0.25) is 0 Å². The Bertz CT molecular complexity index is 396. The van der Waals surface area contributed by atoms with Gasteiger partial charge in [0.15, 0.2) is 5.13 Å². The summed E-state index contributed by atoms with van der Waals surface area (Å²) in [4.78, 5) is 8.71. The molecule has 1 saturated carbocycles. The van der Waals surface area contributed by atoms with Gasteiger partial charge in [0, 0.05) is 24.5 Å². The third-order valence-corrected chi connectivity index (χ3v) is 5.06. The summed E-state index contributed by atoms with van der Waals surface area (Å²) in [6.45, 7) is 8.75. The zero-order valence-electron chi connectivity index (χ0n) is 12.7. The quantitative estimate of drug-likeness (QED) is 0.771. The Balaban J connectivity index is 2.09. The van der Waals surface area contributed by atoms with Crippen molar-refractivity contribution < 1.29 is 0 Å². The van der Waals surface area contributed by atoms with Crippen LogP contribution >= 0.6 is 11.3 Å². The molecule has 0 spiro atoms. The van der Waals surface area contributed by atoms with Gasteiger partial charge in [-0.05, 0) is 38.1 Å². The minimum Gasteiger partial charge on any atom is -0.348 e. The van der Waals surface area contributed by atoms with Crippen molar-refractivity contribution in [3.63, 3.8) is 0 Å². The first kappa shape index (κ1) is 14.8. The smallest absolute Gasteiger partial charge is 0.185 e. The van der Waals surface area contributed by atoms with Crippen LogP contribution in [0.5, 0.6) is 0 Å². The van der Waals surface area contributed by atoms with E-state index in [0.29, 0.717) is 5.92 Å². The van der Waals surface area contributed by atoms with Crippen LogP contribution in [0.25, 0.3) is 0 Å². The molecule has 108 valence electrons. The first-order chi connectivity index (χ1) is 9.13. The first-order valence-corrected chi connectivity index (χ1v) is 8.38. The van der Waals surface area contributed by atoms with Crippen molar-refractivity contribution in [1.29, 1.82) is 0 Å².